The van der Waals surface area contributed by atoms with Gasteiger partial charge in [0.15, 0.2) is 4.91 Å². The van der Waals surface area contributed by atoms with Gasteiger partial charge in [-0.2, -0.15) is 0 Å². The molecule has 0 N–H and O–H groups in total. The number of nitrogens with zero attached hydrogens (tertiary/aromatic N) is 1. The molecule has 2 aromatic rings. The Morgan fingerprint density at radius 3 is 2.33 bits per heavy atom. The zero-order valence-corrected chi connectivity index (χ0v) is 14.2. The fraction of sp³-hybridized carbons (Fsp3) is 0.167. The highest BCUT2D eigenvalue weighted by Gasteiger charge is 2.36. The fourth-order valence-corrected chi connectivity index (χ4v) is 4.25. The standard InChI is InChI=1S/C18H17NO4S/c1-3-13-8-4-5-9-14(13)19-12-17(18(20)23-2)24(21,22)16-11-7-6-10-15(16)19/h4-12H,3H2,1-2H3. The third kappa shape index (κ3) is 2.49. The van der Waals surface area contributed by atoms with Gasteiger partial charge in [-0.15, -0.1) is 0 Å². The van der Waals surface area contributed by atoms with Crippen LogP contribution in [0.25, 0.3) is 0 Å². The predicted molar refractivity (Wildman–Crippen MR) is 91.7 cm³/mol. The lowest BCUT2D eigenvalue weighted by Crippen LogP contribution is -2.26. The Morgan fingerprint density at radius 1 is 1.04 bits per heavy atom. The number of aryl methyl sites for hydroxylation is 1. The van der Waals surface area contributed by atoms with Gasteiger partial charge in [0.05, 0.1) is 17.7 Å². The first-order valence-corrected chi connectivity index (χ1v) is 9.00. The number of benzene rings is 2. The van der Waals surface area contributed by atoms with E-state index in [4.69, 9.17) is 0 Å². The van der Waals surface area contributed by atoms with E-state index < -0.39 is 15.8 Å². The van der Waals surface area contributed by atoms with Crippen molar-refractivity contribution in [2.75, 3.05) is 12.0 Å². The average molecular weight is 343 g/mol. The third-order valence-electron chi connectivity index (χ3n) is 3.97. The van der Waals surface area contributed by atoms with Crippen molar-refractivity contribution in [2.45, 2.75) is 18.2 Å². The Bertz CT molecular complexity index is 932. The second kappa shape index (κ2) is 6.13. The van der Waals surface area contributed by atoms with Gasteiger partial charge in [-0.1, -0.05) is 37.3 Å². The minimum absolute atomic E-state index is 0.0961. The van der Waals surface area contributed by atoms with Crippen LogP contribution in [0.5, 0.6) is 0 Å². The number of anilines is 2. The minimum Gasteiger partial charge on any atom is -0.465 e. The van der Waals surface area contributed by atoms with Crippen LogP contribution in [0.15, 0.2) is 64.5 Å². The maximum Gasteiger partial charge on any atom is 0.351 e. The summed E-state index contributed by atoms with van der Waals surface area (Å²) in [5.74, 6) is -0.872. The first-order chi connectivity index (χ1) is 11.5. The summed E-state index contributed by atoms with van der Waals surface area (Å²) in [6, 6.07) is 14.3. The number of hydrogen-bond acceptors (Lipinski definition) is 5. The molecule has 0 unspecified atom stereocenters. The Hall–Kier alpha value is -2.60. The molecular weight excluding hydrogens is 326 g/mol. The highest BCUT2D eigenvalue weighted by Crippen LogP contribution is 2.40. The smallest absolute Gasteiger partial charge is 0.351 e. The van der Waals surface area contributed by atoms with Crippen molar-refractivity contribution >= 4 is 27.2 Å². The summed E-state index contributed by atoms with van der Waals surface area (Å²) in [6.07, 6.45) is 2.13. The molecule has 0 saturated heterocycles. The molecule has 1 aliphatic heterocycles. The highest BCUT2D eigenvalue weighted by molar-refractivity contribution is 7.96. The quantitative estimate of drug-likeness (QED) is 0.801. The number of carbonyl (C=O) groups is 1. The monoisotopic (exact) mass is 343 g/mol. The highest BCUT2D eigenvalue weighted by atomic mass is 32.2. The molecule has 3 rings (SSSR count). The molecule has 124 valence electrons. The Balaban J connectivity index is 2.30. The van der Waals surface area contributed by atoms with Crippen LogP contribution in [0, 0.1) is 0 Å². The van der Waals surface area contributed by atoms with Gasteiger partial charge in [0.1, 0.15) is 0 Å². The Labute approximate surface area is 141 Å². The summed E-state index contributed by atoms with van der Waals surface area (Å²) in [7, 11) is -2.74. The fourth-order valence-electron chi connectivity index (χ4n) is 2.77. The van der Waals surface area contributed by atoms with Crippen molar-refractivity contribution in [3.8, 4) is 0 Å². The van der Waals surface area contributed by atoms with Gasteiger partial charge in [-0.05, 0) is 30.2 Å². The van der Waals surface area contributed by atoms with Crippen LogP contribution in [0.1, 0.15) is 12.5 Å². The molecule has 0 bridgehead atoms. The van der Waals surface area contributed by atoms with Crippen LogP contribution in [0.3, 0.4) is 0 Å². The van der Waals surface area contributed by atoms with Gasteiger partial charge in [-0.25, -0.2) is 13.2 Å². The van der Waals surface area contributed by atoms with Crippen LogP contribution >= 0.6 is 0 Å². The summed E-state index contributed by atoms with van der Waals surface area (Å²) in [4.78, 5) is 13.5. The van der Waals surface area contributed by atoms with Crippen LogP contribution in [0.4, 0.5) is 11.4 Å². The minimum atomic E-state index is -3.91. The lowest BCUT2D eigenvalue weighted by atomic mass is 10.1. The number of fused-ring (bicyclic) bond motifs is 1. The zero-order valence-electron chi connectivity index (χ0n) is 13.4. The normalized spacial score (nSPS) is 15.4. The molecule has 0 fully saturated rings. The summed E-state index contributed by atoms with van der Waals surface area (Å²) >= 11 is 0. The van der Waals surface area contributed by atoms with Crippen molar-refractivity contribution < 1.29 is 17.9 Å². The summed E-state index contributed by atoms with van der Waals surface area (Å²) in [6.45, 7) is 2.02. The van der Waals surface area contributed by atoms with E-state index in [-0.39, 0.29) is 9.80 Å². The maximum absolute atomic E-state index is 12.7. The summed E-state index contributed by atoms with van der Waals surface area (Å²) < 4.78 is 30.1. The molecule has 24 heavy (non-hydrogen) atoms. The Morgan fingerprint density at radius 2 is 1.67 bits per heavy atom. The number of carbonyl (C=O) groups excluding carboxylic acids is 1. The number of hydrogen-bond donors (Lipinski definition) is 0. The van der Waals surface area contributed by atoms with Gasteiger partial charge in [-0.3, -0.25) is 0 Å². The predicted octanol–water partition coefficient (Wildman–Crippen LogP) is 3.19. The first kappa shape index (κ1) is 16.3. The molecule has 0 atom stereocenters. The van der Waals surface area contributed by atoms with Crippen LogP contribution < -0.4 is 4.90 Å². The van der Waals surface area contributed by atoms with Crippen molar-refractivity contribution in [1.82, 2.24) is 0 Å². The molecule has 6 heteroatoms. The van der Waals surface area contributed by atoms with E-state index in [0.717, 1.165) is 17.7 Å². The molecule has 1 aliphatic rings. The summed E-state index contributed by atoms with van der Waals surface area (Å²) in [5, 5.41) is 0. The van der Waals surface area contributed by atoms with Crippen molar-refractivity contribution in [1.29, 1.82) is 0 Å². The summed E-state index contributed by atoms with van der Waals surface area (Å²) in [5.41, 5.74) is 2.40. The van der Waals surface area contributed by atoms with Gasteiger partial charge in [0.25, 0.3) is 0 Å². The number of rotatable bonds is 3. The van der Waals surface area contributed by atoms with Crippen LogP contribution in [-0.2, 0) is 25.8 Å². The van der Waals surface area contributed by atoms with E-state index in [2.05, 4.69) is 4.74 Å². The van der Waals surface area contributed by atoms with E-state index in [1.165, 1.54) is 19.4 Å². The lowest BCUT2D eigenvalue weighted by molar-refractivity contribution is -0.135. The van der Waals surface area contributed by atoms with Crippen molar-refractivity contribution in [3.05, 3.63) is 65.2 Å². The van der Waals surface area contributed by atoms with E-state index >= 15 is 0 Å². The molecule has 0 spiro atoms. The molecule has 0 aromatic heterocycles. The Kier molecular flexibility index (Phi) is 4.15. The average Bonchev–Trinajstić information content (AvgIpc) is 2.61. The molecule has 5 nitrogen and oxygen atoms in total. The van der Waals surface area contributed by atoms with Gasteiger partial charge in [0, 0.05) is 11.9 Å². The van der Waals surface area contributed by atoms with Crippen molar-refractivity contribution in [3.63, 3.8) is 0 Å². The largest absolute Gasteiger partial charge is 0.465 e. The van der Waals surface area contributed by atoms with E-state index in [9.17, 15) is 13.2 Å². The van der Waals surface area contributed by atoms with Crippen LogP contribution in [-0.4, -0.2) is 21.5 Å². The number of sulfone groups is 1. The zero-order chi connectivity index (χ0) is 17.3. The van der Waals surface area contributed by atoms with Gasteiger partial charge >= 0.3 is 5.97 Å². The van der Waals surface area contributed by atoms with Crippen molar-refractivity contribution in [2.24, 2.45) is 0 Å². The third-order valence-corrected chi connectivity index (χ3v) is 5.74. The number of esters is 1. The van der Waals surface area contributed by atoms with Crippen LogP contribution in [0.2, 0.25) is 0 Å². The molecule has 0 amide bonds. The lowest BCUT2D eigenvalue weighted by Gasteiger charge is -2.29. The molecule has 0 saturated carbocycles. The van der Waals surface area contributed by atoms with E-state index in [1.807, 2.05) is 31.2 Å². The topological polar surface area (TPSA) is 63.7 Å². The number of ether oxygens (including phenoxy) is 1. The molecule has 0 aliphatic carbocycles. The molecular formula is C18H17NO4S. The number of methoxy groups -OCH3 is 1. The SMILES string of the molecule is CCc1ccccc1N1C=C(C(=O)OC)S(=O)(=O)c2ccccc21. The molecule has 1 heterocycles. The second-order valence-electron chi connectivity index (χ2n) is 5.31. The van der Waals surface area contributed by atoms with E-state index in [0.29, 0.717) is 5.69 Å². The first-order valence-electron chi connectivity index (χ1n) is 7.52. The molecule has 2 aromatic carbocycles. The van der Waals surface area contributed by atoms with E-state index in [1.54, 1.807) is 23.1 Å². The molecule has 0 radical (unpaired) electrons. The number of para-hydroxylation sites is 2. The van der Waals surface area contributed by atoms with Gasteiger partial charge < -0.3 is 9.64 Å². The maximum atomic E-state index is 12.7. The second-order valence-corrected chi connectivity index (χ2v) is 7.19. The van der Waals surface area contributed by atoms with Gasteiger partial charge in [0.2, 0.25) is 9.84 Å².